The van der Waals surface area contributed by atoms with E-state index in [-0.39, 0.29) is 5.41 Å². The Morgan fingerprint density at radius 1 is 1.54 bits per heavy atom. The first-order valence-corrected chi connectivity index (χ1v) is 5.04. The second-order valence-corrected chi connectivity index (χ2v) is 3.96. The summed E-state index contributed by atoms with van der Waals surface area (Å²) in [6.45, 7) is 1.59. The second-order valence-electron chi connectivity index (χ2n) is 3.69. The number of ether oxygens (including phenoxy) is 1. The van der Waals surface area contributed by atoms with Gasteiger partial charge in [0.2, 0.25) is 0 Å². The number of hydrogen-bond donors (Lipinski definition) is 0. The molecule has 3 heteroatoms. The highest BCUT2D eigenvalue weighted by molar-refractivity contribution is 6.18. The zero-order valence-corrected chi connectivity index (χ0v) is 8.22. The summed E-state index contributed by atoms with van der Waals surface area (Å²) in [5.74, 6) is 1.65. The zero-order chi connectivity index (χ0) is 9.15. The molecule has 0 radical (unpaired) electrons. The van der Waals surface area contributed by atoms with E-state index < -0.39 is 0 Å². The minimum Gasteiger partial charge on any atom is -0.469 e. The lowest BCUT2D eigenvalue weighted by atomic mass is 9.85. The summed E-state index contributed by atoms with van der Waals surface area (Å²) in [6.07, 6.45) is 3.63. The van der Waals surface area contributed by atoms with Gasteiger partial charge in [0.15, 0.2) is 0 Å². The molecule has 0 spiro atoms. The van der Waals surface area contributed by atoms with E-state index in [1.807, 2.05) is 12.1 Å². The normalized spacial score (nSPS) is 28.1. The average Bonchev–Trinajstić information content (AvgIpc) is 2.77. The van der Waals surface area contributed by atoms with Crippen molar-refractivity contribution < 1.29 is 9.15 Å². The van der Waals surface area contributed by atoms with Crippen LogP contribution in [0.15, 0.2) is 22.8 Å². The Bertz CT molecular complexity index is 250. The number of alkyl halides is 1. The summed E-state index contributed by atoms with van der Waals surface area (Å²) in [6, 6.07) is 3.90. The molecule has 13 heavy (non-hydrogen) atoms. The molecular weight excluding hydrogens is 188 g/mol. The first-order valence-electron chi connectivity index (χ1n) is 4.51. The average molecular weight is 201 g/mol. The molecule has 0 aromatic carbocycles. The molecule has 1 fully saturated rings. The standard InChI is InChI=1S/C10H13ClO2/c11-7-10(3-5-12-8-10)6-9-2-1-4-13-9/h1-2,4H,3,5-8H2. The Hall–Kier alpha value is -0.470. The highest BCUT2D eigenvalue weighted by Gasteiger charge is 2.35. The van der Waals surface area contributed by atoms with Crippen molar-refractivity contribution in [3.63, 3.8) is 0 Å². The summed E-state index contributed by atoms with van der Waals surface area (Å²) in [4.78, 5) is 0. The van der Waals surface area contributed by atoms with Crippen molar-refractivity contribution in [2.45, 2.75) is 12.8 Å². The van der Waals surface area contributed by atoms with Crippen LogP contribution in [0.1, 0.15) is 12.2 Å². The number of furan rings is 1. The van der Waals surface area contributed by atoms with Gasteiger partial charge in [-0.15, -0.1) is 11.6 Å². The molecule has 0 N–H and O–H groups in total. The van der Waals surface area contributed by atoms with Crippen LogP contribution in [-0.2, 0) is 11.2 Å². The minimum absolute atomic E-state index is 0.111. The third kappa shape index (κ3) is 1.89. The van der Waals surface area contributed by atoms with Crippen LogP contribution < -0.4 is 0 Å². The Balaban J connectivity index is 2.06. The smallest absolute Gasteiger partial charge is 0.104 e. The van der Waals surface area contributed by atoms with Crippen molar-refractivity contribution in [1.82, 2.24) is 0 Å². The molecule has 0 bridgehead atoms. The van der Waals surface area contributed by atoms with Gasteiger partial charge in [-0.25, -0.2) is 0 Å². The molecule has 0 aliphatic carbocycles. The van der Waals surface area contributed by atoms with E-state index in [0.29, 0.717) is 5.88 Å². The minimum atomic E-state index is 0.111. The van der Waals surface area contributed by atoms with Crippen molar-refractivity contribution >= 4 is 11.6 Å². The van der Waals surface area contributed by atoms with Crippen molar-refractivity contribution in [1.29, 1.82) is 0 Å². The molecule has 0 saturated carbocycles. The van der Waals surface area contributed by atoms with Gasteiger partial charge in [0.05, 0.1) is 12.9 Å². The molecule has 1 unspecified atom stereocenters. The van der Waals surface area contributed by atoms with Gasteiger partial charge in [0, 0.05) is 24.3 Å². The first kappa shape index (κ1) is 9.10. The van der Waals surface area contributed by atoms with E-state index in [0.717, 1.165) is 31.8 Å². The summed E-state index contributed by atoms with van der Waals surface area (Å²) in [5.41, 5.74) is 0.111. The van der Waals surface area contributed by atoms with Crippen molar-refractivity contribution in [2.24, 2.45) is 5.41 Å². The molecule has 1 aromatic heterocycles. The maximum absolute atomic E-state index is 5.96. The van der Waals surface area contributed by atoms with E-state index >= 15 is 0 Å². The van der Waals surface area contributed by atoms with Gasteiger partial charge in [-0.05, 0) is 18.6 Å². The molecule has 1 saturated heterocycles. The Morgan fingerprint density at radius 3 is 3.00 bits per heavy atom. The highest BCUT2D eigenvalue weighted by atomic mass is 35.5. The van der Waals surface area contributed by atoms with Gasteiger partial charge < -0.3 is 9.15 Å². The molecule has 72 valence electrons. The van der Waals surface area contributed by atoms with E-state index in [1.54, 1.807) is 6.26 Å². The van der Waals surface area contributed by atoms with Crippen LogP contribution in [0.4, 0.5) is 0 Å². The molecule has 1 aromatic rings. The third-order valence-electron chi connectivity index (χ3n) is 2.60. The van der Waals surface area contributed by atoms with E-state index in [2.05, 4.69) is 0 Å². The largest absolute Gasteiger partial charge is 0.469 e. The first-order chi connectivity index (χ1) is 6.35. The lowest BCUT2D eigenvalue weighted by molar-refractivity contribution is 0.158. The van der Waals surface area contributed by atoms with Crippen LogP contribution in [0.25, 0.3) is 0 Å². The fraction of sp³-hybridized carbons (Fsp3) is 0.600. The highest BCUT2D eigenvalue weighted by Crippen LogP contribution is 2.33. The molecule has 0 amide bonds. The second kappa shape index (κ2) is 3.72. The van der Waals surface area contributed by atoms with Crippen LogP contribution >= 0.6 is 11.6 Å². The Labute approximate surface area is 82.8 Å². The topological polar surface area (TPSA) is 22.4 Å². The summed E-state index contributed by atoms with van der Waals surface area (Å²) >= 11 is 5.96. The molecule has 2 rings (SSSR count). The van der Waals surface area contributed by atoms with Crippen molar-refractivity contribution in [3.05, 3.63) is 24.2 Å². The fourth-order valence-corrected chi connectivity index (χ4v) is 2.03. The molecule has 1 atom stereocenters. The van der Waals surface area contributed by atoms with Crippen LogP contribution in [0, 0.1) is 5.41 Å². The summed E-state index contributed by atoms with van der Waals surface area (Å²) in [5, 5.41) is 0. The maximum atomic E-state index is 5.96. The van der Waals surface area contributed by atoms with Gasteiger partial charge in [-0.3, -0.25) is 0 Å². The van der Waals surface area contributed by atoms with E-state index in [4.69, 9.17) is 20.8 Å². The summed E-state index contributed by atoms with van der Waals surface area (Å²) < 4.78 is 10.7. The predicted molar refractivity (Wildman–Crippen MR) is 51.0 cm³/mol. The van der Waals surface area contributed by atoms with Crippen LogP contribution in [0.3, 0.4) is 0 Å². The molecule has 1 aliphatic rings. The Morgan fingerprint density at radius 2 is 2.46 bits per heavy atom. The lowest BCUT2D eigenvalue weighted by Gasteiger charge is -2.22. The molecule has 1 aliphatic heterocycles. The van der Waals surface area contributed by atoms with Crippen molar-refractivity contribution in [3.8, 4) is 0 Å². The van der Waals surface area contributed by atoms with Crippen LogP contribution in [0.2, 0.25) is 0 Å². The van der Waals surface area contributed by atoms with Gasteiger partial charge in [-0.2, -0.15) is 0 Å². The third-order valence-corrected chi connectivity index (χ3v) is 3.16. The SMILES string of the molecule is ClCC1(Cc2ccco2)CCOC1. The van der Waals surface area contributed by atoms with Crippen LogP contribution in [-0.4, -0.2) is 19.1 Å². The zero-order valence-electron chi connectivity index (χ0n) is 7.46. The molecular formula is C10H13ClO2. The quantitative estimate of drug-likeness (QED) is 0.700. The van der Waals surface area contributed by atoms with E-state index in [1.165, 1.54) is 0 Å². The summed E-state index contributed by atoms with van der Waals surface area (Å²) in [7, 11) is 0. The number of halogens is 1. The predicted octanol–water partition coefficient (Wildman–Crippen LogP) is 2.47. The van der Waals surface area contributed by atoms with Gasteiger partial charge in [0.25, 0.3) is 0 Å². The number of rotatable bonds is 3. The molecule has 2 heterocycles. The Kier molecular flexibility index (Phi) is 2.61. The lowest BCUT2D eigenvalue weighted by Crippen LogP contribution is -2.25. The molecule has 2 nitrogen and oxygen atoms in total. The van der Waals surface area contributed by atoms with Gasteiger partial charge in [-0.1, -0.05) is 0 Å². The van der Waals surface area contributed by atoms with Crippen LogP contribution in [0.5, 0.6) is 0 Å². The van der Waals surface area contributed by atoms with Gasteiger partial charge >= 0.3 is 0 Å². The van der Waals surface area contributed by atoms with E-state index in [9.17, 15) is 0 Å². The van der Waals surface area contributed by atoms with Crippen molar-refractivity contribution in [2.75, 3.05) is 19.1 Å². The fourth-order valence-electron chi connectivity index (χ4n) is 1.72. The monoisotopic (exact) mass is 200 g/mol. The van der Waals surface area contributed by atoms with Gasteiger partial charge in [0.1, 0.15) is 5.76 Å². The maximum Gasteiger partial charge on any atom is 0.104 e. The number of hydrogen-bond acceptors (Lipinski definition) is 2.